The third-order valence-electron chi connectivity index (χ3n) is 4.04. The maximum absolute atomic E-state index is 12.4. The molecule has 0 saturated heterocycles. The number of aromatic carboxylic acids is 1. The molecule has 3 rings (SSSR count). The van der Waals surface area contributed by atoms with Gasteiger partial charge in [-0.25, -0.2) is 9.48 Å². The largest absolute Gasteiger partial charge is 0.492 e. The summed E-state index contributed by atoms with van der Waals surface area (Å²) in [4.78, 5) is 35.4. The molecule has 0 spiro atoms. The fraction of sp³-hybridized carbons (Fsp3) is 0.143. The number of rotatable bonds is 8. The maximum atomic E-state index is 12.4. The zero-order chi connectivity index (χ0) is 20.6. The summed E-state index contributed by atoms with van der Waals surface area (Å²) in [6.07, 6.45) is 0. The highest BCUT2D eigenvalue weighted by atomic mass is 16.5. The number of amides is 1. The Morgan fingerprint density at radius 2 is 1.83 bits per heavy atom. The molecule has 0 radical (unpaired) electrons. The zero-order valence-electron chi connectivity index (χ0n) is 15.4. The van der Waals surface area contributed by atoms with Gasteiger partial charge in [-0.2, -0.15) is 5.10 Å². The summed E-state index contributed by atoms with van der Waals surface area (Å²) in [5, 5.41) is 15.8. The van der Waals surface area contributed by atoms with Crippen LogP contribution < -0.4 is 15.6 Å². The molecule has 0 saturated carbocycles. The molecular weight excluding hydrogens is 374 g/mol. The second kappa shape index (κ2) is 9.32. The third-order valence-corrected chi connectivity index (χ3v) is 4.04. The van der Waals surface area contributed by atoms with Gasteiger partial charge in [-0.1, -0.05) is 30.3 Å². The van der Waals surface area contributed by atoms with Gasteiger partial charge in [0.25, 0.3) is 11.5 Å². The van der Waals surface area contributed by atoms with Crippen LogP contribution in [0, 0.1) is 0 Å². The number of hydrogen-bond donors (Lipinski definition) is 2. The van der Waals surface area contributed by atoms with Crippen molar-refractivity contribution in [3.63, 3.8) is 0 Å². The average Bonchev–Trinajstić information content (AvgIpc) is 2.74. The van der Waals surface area contributed by atoms with E-state index in [0.29, 0.717) is 11.3 Å². The first-order valence-electron chi connectivity index (χ1n) is 8.89. The smallest absolute Gasteiger partial charge is 0.335 e. The number of carboxylic acid groups (broad SMARTS) is 1. The van der Waals surface area contributed by atoms with Crippen LogP contribution >= 0.6 is 0 Å². The predicted molar refractivity (Wildman–Crippen MR) is 105 cm³/mol. The van der Waals surface area contributed by atoms with Gasteiger partial charge in [-0.3, -0.25) is 9.59 Å². The second-order valence-electron chi connectivity index (χ2n) is 6.13. The molecule has 8 heteroatoms. The van der Waals surface area contributed by atoms with Gasteiger partial charge in [0.1, 0.15) is 18.1 Å². The van der Waals surface area contributed by atoms with Crippen molar-refractivity contribution in [2.24, 2.45) is 0 Å². The van der Waals surface area contributed by atoms with E-state index >= 15 is 0 Å². The molecule has 0 aliphatic heterocycles. The van der Waals surface area contributed by atoms with E-state index in [4.69, 9.17) is 9.84 Å². The van der Waals surface area contributed by atoms with Gasteiger partial charge in [0.2, 0.25) is 0 Å². The molecule has 148 valence electrons. The first kappa shape index (κ1) is 19.8. The predicted octanol–water partition coefficient (Wildman–Crippen LogP) is 1.95. The van der Waals surface area contributed by atoms with Crippen LogP contribution in [0.3, 0.4) is 0 Å². The minimum Gasteiger partial charge on any atom is -0.492 e. The number of ether oxygens (including phenoxy) is 1. The Balaban J connectivity index is 1.60. The Kier molecular flexibility index (Phi) is 6.36. The summed E-state index contributed by atoms with van der Waals surface area (Å²) < 4.78 is 6.72. The third kappa shape index (κ3) is 5.52. The highest BCUT2D eigenvalue weighted by Crippen LogP contribution is 2.08. The van der Waals surface area contributed by atoms with E-state index in [-0.39, 0.29) is 36.5 Å². The molecular formula is C21H19N3O5. The molecule has 0 fully saturated rings. The molecule has 0 unspecified atom stereocenters. The second-order valence-corrected chi connectivity index (χ2v) is 6.13. The van der Waals surface area contributed by atoms with E-state index in [1.165, 1.54) is 28.9 Å². The highest BCUT2D eigenvalue weighted by Gasteiger charge is 2.10. The minimum absolute atomic E-state index is 0.0821. The summed E-state index contributed by atoms with van der Waals surface area (Å²) in [6, 6.07) is 18.1. The molecule has 29 heavy (non-hydrogen) atoms. The molecule has 8 nitrogen and oxygen atoms in total. The lowest BCUT2D eigenvalue weighted by Crippen LogP contribution is -2.30. The highest BCUT2D eigenvalue weighted by molar-refractivity contribution is 5.92. The first-order valence-corrected chi connectivity index (χ1v) is 8.89. The van der Waals surface area contributed by atoms with Gasteiger partial charge in [0.15, 0.2) is 0 Å². The summed E-state index contributed by atoms with van der Waals surface area (Å²) in [6.45, 7) is 0.553. The summed E-state index contributed by atoms with van der Waals surface area (Å²) >= 11 is 0. The number of carboxylic acids is 1. The molecule has 0 aliphatic carbocycles. The first-order chi connectivity index (χ1) is 14.0. The van der Waals surface area contributed by atoms with E-state index in [1.807, 2.05) is 18.2 Å². The topological polar surface area (TPSA) is 111 Å². The van der Waals surface area contributed by atoms with Crippen LogP contribution in [0.15, 0.2) is 71.5 Å². The van der Waals surface area contributed by atoms with Crippen molar-refractivity contribution >= 4 is 11.9 Å². The molecule has 1 amide bonds. The van der Waals surface area contributed by atoms with E-state index < -0.39 is 11.9 Å². The van der Waals surface area contributed by atoms with Crippen LogP contribution in [0.2, 0.25) is 0 Å². The lowest BCUT2D eigenvalue weighted by molar-refractivity contribution is 0.0696. The molecule has 3 aromatic rings. The van der Waals surface area contributed by atoms with Crippen molar-refractivity contribution < 1.29 is 19.4 Å². The molecule has 1 heterocycles. The molecule has 2 aromatic carbocycles. The Labute approximate surface area is 166 Å². The number of aromatic nitrogens is 2. The molecule has 0 atom stereocenters. The van der Waals surface area contributed by atoms with Crippen molar-refractivity contribution in [3.05, 3.63) is 93.9 Å². The number of nitrogens with zero attached hydrogens (tertiary/aromatic N) is 2. The molecule has 0 aliphatic rings. The standard InChI is InChI=1S/C21H19N3O5/c25-19-10-9-18(23-24(19)11-12-29-17-7-2-1-3-8-17)20(26)22-14-15-5-4-6-16(13-15)21(27)28/h1-10,13H,11-12,14H2,(H,22,26)(H,27,28). The van der Waals surface area contributed by atoms with Gasteiger partial charge in [0, 0.05) is 12.6 Å². The van der Waals surface area contributed by atoms with Gasteiger partial charge in [-0.15, -0.1) is 0 Å². The number of carbonyl (C=O) groups excluding carboxylic acids is 1. The number of benzene rings is 2. The zero-order valence-corrected chi connectivity index (χ0v) is 15.4. The SMILES string of the molecule is O=C(O)c1cccc(CNC(=O)c2ccc(=O)n(CCOc3ccccc3)n2)c1. The maximum Gasteiger partial charge on any atom is 0.335 e. The fourth-order valence-electron chi connectivity index (χ4n) is 2.58. The van der Waals surface area contributed by atoms with Crippen LogP contribution in [0.25, 0.3) is 0 Å². The van der Waals surface area contributed by atoms with E-state index in [9.17, 15) is 14.4 Å². The van der Waals surface area contributed by atoms with Crippen molar-refractivity contribution in [2.45, 2.75) is 13.1 Å². The summed E-state index contributed by atoms with van der Waals surface area (Å²) in [5.74, 6) is -0.828. The normalized spacial score (nSPS) is 10.3. The number of nitrogens with one attached hydrogen (secondary N) is 1. The number of para-hydroxylation sites is 1. The summed E-state index contributed by atoms with van der Waals surface area (Å²) in [7, 11) is 0. The van der Waals surface area contributed by atoms with E-state index in [1.54, 1.807) is 24.3 Å². The van der Waals surface area contributed by atoms with Crippen molar-refractivity contribution in [1.29, 1.82) is 0 Å². The van der Waals surface area contributed by atoms with Gasteiger partial charge >= 0.3 is 5.97 Å². The monoisotopic (exact) mass is 393 g/mol. The lowest BCUT2D eigenvalue weighted by atomic mass is 10.1. The lowest BCUT2D eigenvalue weighted by Gasteiger charge is -2.09. The Hall–Kier alpha value is -3.94. The average molecular weight is 393 g/mol. The van der Waals surface area contributed by atoms with Gasteiger partial charge < -0.3 is 15.2 Å². The van der Waals surface area contributed by atoms with E-state index in [0.717, 1.165) is 0 Å². The van der Waals surface area contributed by atoms with Crippen LogP contribution in [0.4, 0.5) is 0 Å². The molecule has 0 bridgehead atoms. The minimum atomic E-state index is -1.04. The van der Waals surface area contributed by atoms with Crippen molar-refractivity contribution in [2.75, 3.05) is 6.61 Å². The Bertz CT molecular complexity index is 1060. The van der Waals surface area contributed by atoms with Gasteiger partial charge in [-0.05, 0) is 35.9 Å². The summed E-state index contributed by atoms with van der Waals surface area (Å²) in [5.41, 5.74) is 0.524. The fourth-order valence-corrected chi connectivity index (χ4v) is 2.58. The molecule has 1 aromatic heterocycles. The van der Waals surface area contributed by atoms with Crippen LogP contribution in [0.1, 0.15) is 26.4 Å². The Morgan fingerprint density at radius 3 is 2.59 bits per heavy atom. The quantitative estimate of drug-likeness (QED) is 0.605. The van der Waals surface area contributed by atoms with Crippen molar-refractivity contribution in [1.82, 2.24) is 15.1 Å². The number of carbonyl (C=O) groups is 2. The van der Waals surface area contributed by atoms with E-state index in [2.05, 4.69) is 10.4 Å². The van der Waals surface area contributed by atoms with Crippen LogP contribution in [-0.2, 0) is 13.1 Å². The van der Waals surface area contributed by atoms with Crippen molar-refractivity contribution in [3.8, 4) is 5.75 Å². The van der Waals surface area contributed by atoms with Crippen LogP contribution in [0.5, 0.6) is 5.75 Å². The molecule has 2 N–H and O–H groups in total. The Morgan fingerprint density at radius 1 is 1.03 bits per heavy atom. The van der Waals surface area contributed by atoms with Gasteiger partial charge in [0.05, 0.1) is 12.1 Å². The van der Waals surface area contributed by atoms with Crippen LogP contribution in [-0.4, -0.2) is 33.4 Å². The number of hydrogen-bond acceptors (Lipinski definition) is 5.